The zero-order valence-corrected chi connectivity index (χ0v) is 11.8. The fourth-order valence-electron chi connectivity index (χ4n) is 3.33. The predicted molar refractivity (Wildman–Crippen MR) is 74.0 cm³/mol. The molecule has 3 rings (SSSR count). The van der Waals surface area contributed by atoms with Crippen LogP contribution in [0.4, 0.5) is 0 Å². The molecule has 0 N–H and O–H groups in total. The first-order chi connectivity index (χ1) is 9.74. The number of rotatable bonds is 5. The third-order valence-corrected chi connectivity index (χ3v) is 4.57. The summed E-state index contributed by atoms with van der Waals surface area (Å²) in [6.45, 7) is 1.66. The molecular weight excluding hydrogens is 254 g/mol. The number of carbonyl (C=O) groups excluding carboxylic acids is 1. The lowest BCUT2D eigenvalue weighted by Gasteiger charge is -2.36. The van der Waals surface area contributed by atoms with Gasteiger partial charge in [0.05, 0.1) is 12.1 Å². The van der Waals surface area contributed by atoms with Gasteiger partial charge in [0.2, 0.25) is 5.91 Å². The predicted octanol–water partition coefficient (Wildman–Crippen LogP) is 2.12. The van der Waals surface area contributed by atoms with E-state index < -0.39 is 0 Å². The Morgan fingerprint density at radius 1 is 1.40 bits per heavy atom. The summed E-state index contributed by atoms with van der Waals surface area (Å²) in [5, 5.41) is 8.18. The summed E-state index contributed by atoms with van der Waals surface area (Å²) < 4.78 is 5.70. The Bertz CT molecular complexity index is 449. The molecule has 20 heavy (non-hydrogen) atoms. The molecule has 0 aromatic carbocycles. The number of ether oxygens (including phenoxy) is 1. The molecule has 0 radical (unpaired) electrons. The fraction of sp³-hybridized carbons (Fsp3) is 0.800. The molecule has 1 amide bonds. The maximum absolute atomic E-state index is 12.4. The van der Waals surface area contributed by atoms with E-state index in [4.69, 9.17) is 11.2 Å². The third kappa shape index (κ3) is 2.71. The first-order valence-corrected chi connectivity index (χ1v) is 7.53. The average molecular weight is 275 g/mol. The number of hydrogen-bond acceptors (Lipinski definition) is 4. The van der Waals surface area contributed by atoms with Crippen molar-refractivity contribution in [2.24, 2.45) is 10.2 Å². The van der Waals surface area contributed by atoms with Crippen LogP contribution in [-0.4, -0.2) is 41.8 Å². The Kier molecular flexibility index (Phi) is 3.75. The van der Waals surface area contributed by atoms with E-state index in [2.05, 4.69) is 16.1 Å². The minimum Gasteiger partial charge on any atom is -0.376 e. The number of hydrogen-bond donors (Lipinski definition) is 0. The number of piperidine rings is 1. The van der Waals surface area contributed by atoms with E-state index >= 15 is 0 Å². The second-order valence-electron chi connectivity index (χ2n) is 5.88. The minimum absolute atomic E-state index is 0.225. The van der Waals surface area contributed by atoms with Gasteiger partial charge in [-0.05, 0) is 19.3 Å². The van der Waals surface area contributed by atoms with Gasteiger partial charge >= 0.3 is 0 Å². The van der Waals surface area contributed by atoms with Crippen molar-refractivity contribution in [3.05, 3.63) is 0 Å². The first-order valence-electron chi connectivity index (χ1n) is 7.53. The number of nitrogens with zero attached hydrogens (tertiary/aromatic N) is 3. The van der Waals surface area contributed by atoms with Crippen LogP contribution < -0.4 is 0 Å². The van der Waals surface area contributed by atoms with Crippen LogP contribution in [0.15, 0.2) is 10.2 Å². The van der Waals surface area contributed by atoms with Crippen molar-refractivity contribution >= 4 is 5.91 Å². The summed E-state index contributed by atoms with van der Waals surface area (Å²) in [7, 11) is 0. The third-order valence-electron chi connectivity index (χ3n) is 4.57. The summed E-state index contributed by atoms with van der Waals surface area (Å²) >= 11 is 0. The van der Waals surface area contributed by atoms with Gasteiger partial charge in [-0.1, -0.05) is 0 Å². The fourth-order valence-corrected chi connectivity index (χ4v) is 3.33. The first kappa shape index (κ1) is 13.6. The standard InChI is InChI=1S/C15H21N3O2/c1-2-3-8-15(16-17-15)9-6-14(19)18-10-4-5-13-12(18)7-11-20-13/h1,12-13H,3-11H2/t12-,13-/m0/s1. The van der Waals surface area contributed by atoms with Crippen molar-refractivity contribution in [1.82, 2.24) is 4.90 Å². The van der Waals surface area contributed by atoms with Crippen molar-refractivity contribution in [1.29, 1.82) is 0 Å². The summed E-state index contributed by atoms with van der Waals surface area (Å²) in [5.41, 5.74) is -0.344. The second kappa shape index (κ2) is 5.53. The van der Waals surface area contributed by atoms with E-state index in [0.29, 0.717) is 25.3 Å². The molecule has 0 aromatic heterocycles. The van der Waals surface area contributed by atoms with E-state index in [1.165, 1.54) is 0 Å². The number of fused-ring (bicyclic) bond motifs is 1. The van der Waals surface area contributed by atoms with Crippen molar-refractivity contribution in [3.8, 4) is 12.3 Å². The topological polar surface area (TPSA) is 54.3 Å². The van der Waals surface area contributed by atoms with Gasteiger partial charge in [0, 0.05) is 38.8 Å². The number of carbonyl (C=O) groups is 1. The Hall–Kier alpha value is -1.41. The molecule has 2 atom stereocenters. The van der Waals surface area contributed by atoms with E-state index in [1.807, 2.05) is 4.90 Å². The molecule has 5 heteroatoms. The summed E-state index contributed by atoms with van der Waals surface area (Å²) in [4.78, 5) is 14.5. The minimum atomic E-state index is -0.344. The van der Waals surface area contributed by atoms with Gasteiger partial charge < -0.3 is 9.64 Å². The maximum Gasteiger partial charge on any atom is 0.223 e. The van der Waals surface area contributed by atoms with Crippen molar-refractivity contribution in [2.75, 3.05) is 13.2 Å². The SMILES string of the molecule is C#CCCC1(CCC(=O)N2CCC[C@@H]3OCC[C@@H]32)N=N1. The maximum atomic E-state index is 12.4. The smallest absolute Gasteiger partial charge is 0.223 e. The van der Waals surface area contributed by atoms with E-state index in [9.17, 15) is 4.79 Å². The largest absolute Gasteiger partial charge is 0.376 e. The summed E-state index contributed by atoms with van der Waals surface area (Å²) in [5.74, 6) is 2.84. The molecule has 3 aliphatic rings. The van der Waals surface area contributed by atoms with E-state index in [-0.39, 0.29) is 17.7 Å². The van der Waals surface area contributed by atoms with Gasteiger partial charge in [-0.15, -0.1) is 12.3 Å². The highest BCUT2D eigenvalue weighted by Crippen LogP contribution is 2.38. The number of amides is 1. The Morgan fingerprint density at radius 2 is 2.25 bits per heavy atom. The molecule has 0 unspecified atom stereocenters. The van der Waals surface area contributed by atoms with Crippen LogP contribution in [0.2, 0.25) is 0 Å². The summed E-state index contributed by atoms with van der Waals surface area (Å²) in [6.07, 6.45) is 11.3. The van der Waals surface area contributed by atoms with Gasteiger partial charge in [-0.3, -0.25) is 4.79 Å². The molecule has 2 saturated heterocycles. The van der Waals surface area contributed by atoms with Crippen molar-refractivity contribution < 1.29 is 9.53 Å². The molecule has 2 fully saturated rings. The highest BCUT2D eigenvalue weighted by atomic mass is 16.5. The van der Waals surface area contributed by atoms with Crippen LogP contribution in [0.3, 0.4) is 0 Å². The van der Waals surface area contributed by atoms with Crippen molar-refractivity contribution in [3.63, 3.8) is 0 Å². The van der Waals surface area contributed by atoms with Crippen LogP contribution in [0.25, 0.3) is 0 Å². The van der Waals surface area contributed by atoms with Gasteiger partial charge in [0.25, 0.3) is 0 Å². The number of likely N-dealkylation sites (tertiary alicyclic amines) is 1. The van der Waals surface area contributed by atoms with Gasteiger partial charge in [-0.2, -0.15) is 10.2 Å². The monoisotopic (exact) mass is 275 g/mol. The molecular formula is C15H21N3O2. The Morgan fingerprint density at radius 3 is 3.00 bits per heavy atom. The lowest BCUT2D eigenvalue weighted by atomic mass is 9.96. The zero-order chi connectivity index (χ0) is 14.0. The lowest BCUT2D eigenvalue weighted by molar-refractivity contribution is -0.137. The van der Waals surface area contributed by atoms with Gasteiger partial charge in [0.1, 0.15) is 0 Å². The molecule has 0 aliphatic carbocycles. The Balaban J connectivity index is 1.50. The molecule has 3 heterocycles. The quantitative estimate of drug-likeness (QED) is 0.722. The highest BCUT2D eigenvalue weighted by Gasteiger charge is 2.42. The summed E-state index contributed by atoms with van der Waals surface area (Å²) in [6, 6.07) is 0.297. The molecule has 0 saturated carbocycles. The molecule has 0 spiro atoms. The van der Waals surface area contributed by atoms with E-state index in [1.54, 1.807) is 0 Å². The van der Waals surface area contributed by atoms with Gasteiger partial charge in [-0.25, -0.2) is 0 Å². The van der Waals surface area contributed by atoms with Crippen LogP contribution in [0.5, 0.6) is 0 Å². The van der Waals surface area contributed by atoms with Crippen LogP contribution >= 0.6 is 0 Å². The van der Waals surface area contributed by atoms with Crippen LogP contribution in [0, 0.1) is 12.3 Å². The molecule has 108 valence electrons. The van der Waals surface area contributed by atoms with Crippen LogP contribution in [0.1, 0.15) is 44.9 Å². The second-order valence-corrected chi connectivity index (χ2v) is 5.88. The molecule has 5 nitrogen and oxygen atoms in total. The molecule has 0 aromatic rings. The van der Waals surface area contributed by atoms with Crippen LogP contribution in [-0.2, 0) is 9.53 Å². The average Bonchev–Trinajstić information content (AvgIpc) is 3.08. The molecule has 3 aliphatic heterocycles. The molecule has 0 bridgehead atoms. The Labute approximate surface area is 119 Å². The number of terminal acetylenes is 1. The zero-order valence-electron chi connectivity index (χ0n) is 11.8. The van der Waals surface area contributed by atoms with Gasteiger partial charge in [0.15, 0.2) is 5.66 Å². The highest BCUT2D eigenvalue weighted by molar-refractivity contribution is 5.77. The normalized spacial score (nSPS) is 29.9. The van der Waals surface area contributed by atoms with E-state index in [0.717, 1.165) is 38.8 Å². The lowest BCUT2D eigenvalue weighted by Crippen LogP contribution is -2.48. The van der Waals surface area contributed by atoms with Crippen molar-refractivity contribution in [2.45, 2.75) is 62.8 Å².